The van der Waals surface area contributed by atoms with Crippen molar-refractivity contribution < 1.29 is 49.0 Å². The Morgan fingerprint density at radius 2 is 1.76 bits per heavy atom. The highest BCUT2D eigenvalue weighted by Crippen LogP contribution is 2.32. The summed E-state index contributed by atoms with van der Waals surface area (Å²) in [6.07, 6.45) is 6.32. The van der Waals surface area contributed by atoms with Gasteiger partial charge in [-0.3, -0.25) is 14.4 Å². The first kappa shape index (κ1) is 37.3. The molecule has 1 aliphatic carbocycles. The number of carbonyl (C=O) groups is 3. The summed E-state index contributed by atoms with van der Waals surface area (Å²) in [5.41, 5.74) is 0. The smallest absolute Gasteiger partial charge is 0.222 e. The third-order valence-corrected chi connectivity index (χ3v) is 9.05. The zero-order chi connectivity index (χ0) is 32.8. The van der Waals surface area contributed by atoms with Gasteiger partial charge in [0.1, 0.15) is 24.4 Å². The number of nitrogens with one attached hydrogen (secondary N) is 2. The van der Waals surface area contributed by atoms with Crippen LogP contribution in [-0.2, 0) is 28.6 Å². The van der Waals surface area contributed by atoms with Crippen molar-refractivity contribution >= 4 is 17.7 Å². The SMILES string of the molecule is C=CC1CCCC1O[C@@H]1CC(CO)N(C(=O)CCCCCNC(=O)CCCCCOC2OC(CO)C(O)C(O)C2NC(C)=O)C1. The minimum atomic E-state index is -1.36. The number of hydrogen-bond acceptors (Lipinski definition) is 10. The van der Waals surface area contributed by atoms with Crippen LogP contribution in [0.15, 0.2) is 12.7 Å². The van der Waals surface area contributed by atoms with Crippen LogP contribution in [0.25, 0.3) is 0 Å². The normalized spacial score (nSPS) is 31.6. The molecule has 9 atom stereocenters. The van der Waals surface area contributed by atoms with Crippen LogP contribution in [0.5, 0.6) is 0 Å². The second-order valence-corrected chi connectivity index (χ2v) is 12.5. The highest BCUT2D eigenvalue weighted by atomic mass is 16.7. The van der Waals surface area contributed by atoms with Gasteiger partial charge >= 0.3 is 0 Å². The van der Waals surface area contributed by atoms with Gasteiger partial charge in [0.25, 0.3) is 0 Å². The van der Waals surface area contributed by atoms with Gasteiger partial charge in [-0.15, -0.1) is 6.58 Å². The average Bonchev–Trinajstić information content (AvgIpc) is 3.66. The molecule has 3 rings (SSSR count). The Labute approximate surface area is 266 Å². The predicted octanol–water partition coefficient (Wildman–Crippen LogP) is 0.517. The van der Waals surface area contributed by atoms with Gasteiger partial charge in [-0.1, -0.05) is 25.3 Å². The van der Waals surface area contributed by atoms with E-state index in [2.05, 4.69) is 17.2 Å². The van der Waals surface area contributed by atoms with Crippen molar-refractivity contribution in [1.82, 2.24) is 15.5 Å². The summed E-state index contributed by atoms with van der Waals surface area (Å²) >= 11 is 0. The molecule has 0 spiro atoms. The number of aliphatic hydroxyl groups excluding tert-OH is 4. The number of ether oxygens (including phenoxy) is 3. The summed E-state index contributed by atoms with van der Waals surface area (Å²) in [5.74, 6) is -0.0378. The topological polar surface area (TPSA) is 187 Å². The Kier molecular flexibility index (Phi) is 16.2. The van der Waals surface area contributed by atoms with Crippen molar-refractivity contribution in [2.24, 2.45) is 5.92 Å². The first-order valence-electron chi connectivity index (χ1n) is 16.6. The van der Waals surface area contributed by atoms with E-state index in [-0.39, 0.29) is 43.3 Å². The Balaban J connectivity index is 1.22. The Bertz CT molecular complexity index is 939. The van der Waals surface area contributed by atoms with Gasteiger partial charge in [0.05, 0.1) is 31.5 Å². The molecule has 0 radical (unpaired) electrons. The molecule has 6 N–H and O–H groups in total. The molecule has 2 aliphatic heterocycles. The lowest BCUT2D eigenvalue weighted by Crippen LogP contribution is -2.64. The van der Waals surface area contributed by atoms with Crippen LogP contribution < -0.4 is 10.6 Å². The Morgan fingerprint density at radius 3 is 2.47 bits per heavy atom. The number of hydrogen-bond donors (Lipinski definition) is 6. The zero-order valence-electron chi connectivity index (χ0n) is 26.7. The van der Waals surface area contributed by atoms with Crippen molar-refractivity contribution in [3.05, 3.63) is 12.7 Å². The summed E-state index contributed by atoms with van der Waals surface area (Å²) in [4.78, 5) is 38.3. The van der Waals surface area contributed by atoms with Crippen LogP contribution in [0.1, 0.15) is 84.0 Å². The molecule has 13 nitrogen and oxygen atoms in total. The number of carbonyl (C=O) groups excluding carboxylic acids is 3. The van der Waals surface area contributed by atoms with Gasteiger partial charge in [-0.2, -0.15) is 0 Å². The van der Waals surface area contributed by atoms with Crippen LogP contribution in [0, 0.1) is 5.92 Å². The standard InChI is InChI=1S/C32H55N3O10/c1-3-22-11-10-12-25(22)44-24-17-23(19-36)35(18-24)28(40)14-7-4-8-15-33-27(39)13-6-5-9-16-43-32-29(34-21(2)38)31(42)30(41)26(20-37)45-32/h3,22-26,29-32,36-37,41-42H,1,4-20H2,2H3,(H,33,39)(H,34,38)/t22?,23?,24-,25?,26?,29?,30?,31?,32?/m1/s1. The van der Waals surface area contributed by atoms with Crippen LogP contribution in [0.3, 0.4) is 0 Å². The molecule has 0 aromatic heterocycles. The van der Waals surface area contributed by atoms with Crippen LogP contribution in [-0.4, -0.2) is 125 Å². The number of nitrogens with zero attached hydrogens (tertiary/aromatic N) is 1. The molecule has 258 valence electrons. The molecular weight excluding hydrogens is 586 g/mol. The van der Waals surface area contributed by atoms with Gasteiger partial charge < -0.3 is 50.2 Å². The minimum Gasteiger partial charge on any atom is -0.394 e. The molecular formula is C32H55N3O10. The summed E-state index contributed by atoms with van der Waals surface area (Å²) in [7, 11) is 0. The maximum Gasteiger partial charge on any atom is 0.222 e. The molecule has 8 unspecified atom stereocenters. The predicted molar refractivity (Wildman–Crippen MR) is 165 cm³/mol. The first-order chi connectivity index (χ1) is 21.7. The molecule has 0 aromatic rings. The van der Waals surface area contributed by atoms with Crippen molar-refractivity contribution in [1.29, 1.82) is 0 Å². The Hall–Kier alpha value is -2.13. The van der Waals surface area contributed by atoms with E-state index in [0.29, 0.717) is 57.5 Å². The van der Waals surface area contributed by atoms with E-state index in [4.69, 9.17) is 14.2 Å². The lowest BCUT2D eigenvalue weighted by atomic mass is 9.97. The highest BCUT2D eigenvalue weighted by Gasteiger charge is 2.45. The third kappa shape index (κ3) is 11.6. The second kappa shape index (κ2) is 19.5. The van der Waals surface area contributed by atoms with E-state index in [1.165, 1.54) is 6.92 Å². The average molecular weight is 642 g/mol. The Morgan fingerprint density at radius 1 is 1.00 bits per heavy atom. The summed E-state index contributed by atoms with van der Waals surface area (Å²) in [6.45, 7) is 5.96. The fourth-order valence-electron chi connectivity index (χ4n) is 6.51. The molecule has 3 fully saturated rings. The van der Waals surface area contributed by atoms with E-state index in [1.807, 2.05) is 6.08 Å². The molecule has 2 heterocycles. The lowest BCUT2D eigenvalue weighted by Gasteiger charge is -2.42. The van der Waals surface area contributed by atoms with Gasteiger partial charge in [-0.05, 0) is 44.9 Å². The van der Waals surface area contributed by atoms with E-state index in [9.17, 15) is 34.8 Å². The highest BCUT2D eigenvalue weighted by molar-refractivity contribution is 5.77. The van der Waals surface area contributed by atoms with Crippen molar-refractivity contribution in [3.8, 4) is 0 Å². The lowest BCUT2D eigenvalue weighted by molar-refractivity contribution is -0.270. The molecule has 0 bridgehead atoms. The van der Waals surface area contributed by atoms with Crippen molar-refractivity contribution in [2.75, 3.05) is 32.9 Å². The zero-order valence-corrected chi connectivity index (χ0v) is 26.7. The van der Waals surface area contributed by atoms with Gasteiger partial charge in [0.2, 0.25) is 17.7 Å². The van der Waals surface area contributed by atoms with Gasteiger partial charge in [0, 0.05) is 45.4 Å². The van der Waals surface area contributed by atoms with E-state index < -0.39 is 43.2 Å². The molecule has 45 heavy (non-hydrogen) atoms. The fourth-order valence-corrected chi connectivity index (χ4v) is 6.51. The van der Waals surface area contributed by atoms with Crippen LogP contribution in [0.4, 0.5) is 0 Å². The number of likely N-dealkylation sites (tertiary alicyclic amines) is 1. The maximum atomic E-state index is 12.9. The van der Waals surface area contributed by atoms with E-state index in [1.54, 1.807) is 4.90 Å². The molecule has 3 amide bonds. The maximum absolute atomic E-state index is 12.9. The number of rotatable bonds is 19. The molecule has 3 aliphatic rings. The van der Waals surface area contributed by atoms with Crippen LogP contribution >= 0.6 is 0 Å². The number of amides is 3. The first-order valence-corrected chi connectivity index (χ1v) is 16.6. The fraction of sp³-hybridized carbons (Fsp3) is 0.844. The summed E-state index contributed by atoms with van der Waals surface area (Å²) in [5, 5.41) is 45.1. The molecule has 13 heteroatoms. The largest absolute Gasteiger partial charge is 0.394 e. The minimum absolute atomic E-state index is 0.0360. The van der Waals surface area contributed by atoms with Gasteiger partial charge in [-0.25, -0.2) is 0 Å². The molecule has 0 aromatic carbocycles. The van der Waals surface area contributed by atoms with E-state index in [0.717, 1.165) is 38.5 Å². The number of aliphatic hydroxyl groups is 4. The van der Waals surface area contributed by atoms with Gasteiger partial charge in [0.15, 0.2) is 6.29 Å². The quantitative estimate of drug-likeness (QED) is 0.0858. The van der Waals surface area contributed by atoms with Crippen molar-refractivity contribution in [2.45, 2.75) is 133 Å². The second-order valence-electron chi connectivity index (χ2n) is 12.5. The van der Waals surface area contributed by atoms with Crippen molar-refractivity contribution in [3.63, 3.8) is 0 Å². The monoisotopic (exact) mass is 641 g/mol. The summed E-state index contributed by atoms with van der Waals surface area (Å²) in [6, 6.07) is -1.17. The van der Waals surface area contributed by atoms with Crippen LogP contribution in [0.2, 0.25) is 0 Å². The summed E-state index contributed by atoms with van der Waals surface area (Å²) < 4.78 is 17.5. The van der Waals surface area contributed by atoms with E-state index >= 15 is 0 Å². The number of unbranched alkanes of at least 4 members (excludes halogenated alkanes) is 4. The third-order valence-electron chi connectivity index (χ3n) is 9.05. The molecule has 1 saturated carbocycles. The molecule has 2 saturated heterocycles.